The monoisotopic (exact) mass is 352 g/mol. The lowest BCUT2D eigenvalue weighted by Crippen LogP contribution is -2.30. The minimum absolute atomic E-state index is 0.469. The third-order valence-electron chi connectivity index (χ3n) is 4.83. The Bertz CT molecular complexity index is 870. The van der Waals surface area contributed by atoms with Gasteiger partial charge in [-0.2, -0.15) is 10.2 Å². The smallest absolute Gasteiger partial charge is 0.138 e. The van der Waals surface area contributed by atoms with Crippen LogP contribution in [-0.4, -0.2) is 36.0 Å². The molecule has 3 aromatic rings. The van der Waals surface area contributed by atoms with Crippen LogP contribution in [0.25, 0.3) is 0 Å². The third-order valence-corrected chi connectivity index (χ3v) is 4.83. The molecule has 7 heteroatoms. The molecule has 0 unspecified atom stereocenters. The molecular formula is C19H24N6O. The van der Waals surface area contributed by atoms with Crippen LogP contribution in [0.2, 0.25) is 0 Å². The van der Waals surface area contributed by atoms with E-state index in [0.29, 0.717) is 6.61 Å². The first kappa shape index (κ1) is 16.8. The van der Waals surface area contributed by atoms with Gasteiger partial charge in [0.2, 0.25) is 0 Å². The zero-order valence-electron chi connectivity index (χ0n) is 15.3. The second kappa shape index (κ2) is 7.29. The molecule has 0 N–H and O–H groups in total. The van der Waals surface area contributed by atoms with Gasteiger partial charge < -0.3 is 4.74 Å². The van der Waals surface area contributed by atoms with E-state index in [1.807, 2.05) is 34.7 Å². The molecule has 4 heterocycles. The number of pyridine rings is 1. The normalized spacial score (nSPS) is 14.4. The molecule has 0 bridgehead atoms. The fraction of sp³-hybridized carbons (Fsp3) is 0.421. The first-order chi connectivity index (χ1) is 12.7. The molecule has 0 atom stereocenters. The van der Waals surface area contributed by atoms with Crippen molar-refractivity contribution in [3.63, 3.8) is 0 Å². The van der Waals surface area contributed by atoms with E-state index < -0.39 is 0 Å². The molecule has 7 nitrogen and oxygen atoms in total. The van der Waals surface area contributed by atoms with Gasteiger partial charge in [-0.15, -0.1) is 0 Å². The quantitative estimate of drug-likeness (QED) is 0.680. The maximum atomic E-state index is 5.87. The first-order valence-electron chi connectivity index (χ1n) is 9.03. The summed E-state index contributed by atoms with van der Waals surface area (Å²) in [7, 11) is 2.02. The van der Waals surface area contributed by atoms with Crippen LogP contribution >= 0.6 is 0 Å². The molecule has 0 spiro atoms. The largest absolute Gasteiger partial charge is 0.486 e. The van der Waals surface area contributed by atoms with Gasteiger partial charge in [0.05, 0.1) is 12.4 Å². The van der Waals surface area contributed by atoms with Crippen molar-refractivity contribution in [3.8, 4) is 5.75 Å². The Morgan fingerprint density at radius 2 is 2.19 bits per heavy atom. The molecule has 0 fully saturated rings. The minimum atomic E-state index is 0.469. The second-order valence-corrected chi connectivity index (χ2v) is 6.64. The molecule has 3 aromatic heterocycles. The highest BCUT2D eigenvalue weighted by Crippen LogP contribution is 2.24. The molecule has 0 aliphatic carbocycles. The average molecular weight is 352 g/mol. The topological polar surface area (TPSA) is 61.0 Å². The van der Waals surface area contributed by atoms with Gasteiger partial charge in [-0.05, 0) is 19.1 Å². The number of ether oxygens (including phenoxy) is 1. The summed E-state index contributed by atoms with van der Waals surface area (Å²) in [4.78, 5) is 6.54. The summed E-state index contributed by atoms with van der Waals surface area (Å²) >= 11 is 0. The van der Waals surface area contributed by atoms with Crippen molar-refractivity contribution in [2.24, 2.45) is 7.05 Å². The molecule has 26 heavy (non-hydrogen) atoms. The molecule has 4 rings (SSSR count). The Labute approximate surface area is 153 Å². The van der Waals surface area contributed by atoms with Gasteiger partial charge >= 0.3 is 0 Å². The van der Waals surface area contributed by atoms with E-state index >= 15 is 0 Å². The molecular weight excluding hydrogens is 328 g/mol. The molecule has 1 aliphatic rings. The van der Waals surface area contributed by atoms with Gasteiger partial charge in [0.15, 0.2) is 0 Å². The standard InChI is InChI=1S/C19H24N6O/c1-3-25-12-15(9-21-25)11-24-8-6-19-17(13-24)18(22-23(19)2)14-26-16-5-4-7-20-10-16/h4-5,7,9-10,12H,3,6,8,11,13-14H2,1-2H3. The van der Waals surface area contributed by atoms with Crippen LogP contribution < -0.4 is 4.74 Å². The van der Waals surface area contributed by atoms with Crippen molar-refractivity contribution >= 4 is 0 Å². The van der Waals surface area contributed by atoms with Crippen molar-refractivity contribution in [2.75, 3.05) is 6.54 Å². The number of hydrogen-bond donors (Lipinski definition) is 0. The number of nitrogens with zero attached hydrogens (tertiary/aromatic N) is 6. The van der Waals surface area contributed by atoms with E-state index in [2.05, 4.69) is 28.1 Å². The highest BCUT2D eigenvalue weighted by atomic mass is 16.5. The number of fused-ring (bicyclic) bond motifs is 1. The van der Waals surface area contributed by atoms with Crippen LogP contribution in [0.15, 0.2) is 36.9 Å². The summed E-state index contributed by atoms with van der Waals surface area (Å²) in [5.74, 6) is 0.770. The predicted octanol–water partition coefficient (Wildman–Crippen LogP) is 2.17. The molecule has 0 radical (unpaired) electrons. The van der Waals surface area contributed by atoms with Crippen molar-refractivity contribution < 1.29 is 4.74 Å². The fourth-order valence-corrected chi connectivity index (χ4v) is 3.48. The summed E-state index contributed by atoms with van der Waals surface area (Å²) in [5.41, 5.74) is 4.88. The number of rotatable bonds is 6. The van der Waals surface area contributed by atoms with Crippen LogP contribution in [0.5, 0.6) is 5.75 Å². The Hall–Kier alpha value is -2.67. The molecule has 0 saturated heterocycles. The highest BCUT2D eigenvalue weighted by Gasteiger charge is 2.24. The fourth-order valence-electron chi connectivity index (χ4n) is 3.48. The van der Waals surface area contributed by atoms with Crippen LogP contribution in [0, 0.1) is 0 Å². The van der Waals surface area contributed by atoms with Gasteiger partial charge in [0, 0.05) is 68.9 Å². The SMILES string of the molecule is CCn1cc(CN2CCc3c(c(COc4cccnc4)nn3C)C2)cn1. The summed E-state index contributed by atoms with van der Waals surface area (Å²) in [6.45, 7) is 6.32. The lowest BCUT2D eigenvalue weighted by molar-refractivity contribution is 0.238. The molecule has 0 amide bonds. The summed E-state index contributed by atoms with van der Waals surface area (Å²) < 4.78 is 9.85. The van der Waals surface area contributed by atoms with Crippen LogP contribution in [0.4, 0.5) is 0 Å². The Morgan fingerprint density at radius 1 is 1.27 bits per heavy atom. The lowest BCUT2D eigenvalue weighted by atomic mass is 10.0. The zero-order valence-corrected chi connectivity index (χ0v) is 15.3. The van der Waals surface area contributed by atoms with Crippen LogP contribution in [0.3, 0.4) is 0 Å². The van der Waals surface area contributed by atoms with Gasteiger partial charge in [0.25, 0.3) is 0 Å². The predicted molar refractivity (Wildman–Crippen MR) is 97.5 cm³/mol. The summed E-state index contributed by atoms with van der Waals surface area (Å²) in [5, 5.41) is 9.07. The van der Waals surface area contributed by atoms with Crippen molar-refractivity contribution in [1.82, 2.24) is 29.4 Å². The van der Waals surface area contributed by atoms with Gasteiger partial charge in [-0.3, -0.25) is 19.2 Å². The van der Waals surface area contributed by atoms with Crippen LogP contribution in [-0.2, 0) is 39.7 Å². The van der Waals surface area contributed by atoms with Gasteiger partial charge in [-0.25, -0.2) is 0 Å². The molecule has 0 aromatic carbocycles. The lowest BCUT2D eigenvalue weighted by Gasteiger charge is -2.27. The van der Waals surface area contributed by atoms with E-state index in [4.69, 9.17) is 9.84 Å². The van der Waals surface area contributed by atoms with E-state index in [-0.39, 0.29) is 0 Å². The maximum Gasteiger partial charge on any atom is 0.138 e. The van der Waals surface area contributed by atoms with E-state index in [1.54, 1.807) is 12.4 Å². The van der Waals surface area contributed by atoms with Gasteiger partial charge in [-0.1, -0.05) is 0 Å². The Balaban J connectivity index is 1.46. The first-order valence-corrected chi connectivity index (χ1v) is 9.03. The van der Waals surface area contributed by atoms with Crippen molar-refractivity contribution in [1.29, 1.82) is 0 Å². The zero-order chi connectivity index (χ0) is 17.9. The highest BCUT2D eigenvalue weighted by molar-refractivity contribution is 5.29. The average Bonchev–Trinajstić information content (AvgIpc) is 3.25. The van der Waals surface area contributed by atoms with E-state index in [9.17, 15) is 0 Å². The molecule has 1 aliphatic heterocycles. The maximum absolute atomic E-state index is 5.87. The number of aryl methyl sites for hydroxylation is 2. The van der Waals surface area contributed by atoms with Crippen molar-refractivity contribution in [2.45, 2.75) is 39.6 Å². The number of hydrogen-bond acceptors (Lipinski definition) is 5. The minimum Gasteiger partial charge on any atom is -0.486 e. The molecule has 136 valence electrons. The van der Waals surface area contributed by atoms with Crippen molar-refractivity contribution in [3.05, 3.63) is 59.4 Å². The van der Waals surface area contributed by atoms with Crippen LogP contribution in [0.1, 0.15) is 29.4 Å². The Kier molecular flexibility index (Phi) is 4.71. The molecule has 0 saturated carbocycles. The summed E-state index contributed by atoms with van der Waals surface area (Å²) in [6, 6.07) is 3.79. The van der Waals surface area contributed by atoms with E-state index in [1.165, 1.54) is 16.8 Å². The van der Waals surface area contributed by atoms with E-state index in [0.717, 1.165) is 44.0 Å². The second-order valence-electron chi connectivity index (χ2n) is 6.64. The Morgan fingerprint density at radius 3 is 2.96 bits per heavy atom. The third kappa shape index (κ3) is 3.48. The summed E-state index contributed by atoms with van der Waals surface area (Å²) in [6.07, 6.45) is 8.58. The van der Waals surface area contributed by atoms with Gasteiger partial charge in [0.1, 0.15) is 18.1 Å². The number of aromatic nitrogens is 5.